The zero-order valence-corrected chi connectivity index (χ0v) is 21.2. The minimum absolute atomic E-state index is 0.0740. The molecule has 186 valence electrons. The third-order valence-corrected chi connectivity index (χ3v) is 6.94. The van der Waals surface area contributed by atoms with Crippen molar-refractivity contribution in [3.8, 4) is 11.5 Å². The van der Waals surface area contributed by atoms with Gasteiger partial charge in [0, 0.05) is 12.5 Å². The summed E-state index contributed by atoms with van der Waals surface area (Å²) in [6, 6.07) is 12.7. The molecule has 1 saturated heterocycles. The van der Waals surface area contributed by atoms with Crippen molar-refractivity contribution in [1.82, 2.24) is 4.98 Å². The number of hydrogen-bond donors (Lipinski definition) is 1. The number of aromatic nitrogens is 1. The van der Waals surface area contributed by atoms with E-state index < -0.39 is 17.7 Å². The summed E-state index contributed by atoms with van der Waals surface area (Å²) < 4.78 is 11.4. The summed E-state index contributed by atoms with van der Waals surface area (Å²) in [6.45, 7) is 7.60. The maximum atomic E-state index is 13.4. The Labute approximate surface area is 212 Å². The summed E-state index contributed by atoms with van der Waals surface area (Å²) in [4.78, 5) is 44.9. The summed E-state index contributed by atoms with van der Waals surface area (Å²) >= 11 is 1.04. The quantitative estimate of drug-likeness (QED) is 0.197. The van der Waals surface area contributed by atoms with Gasteiger partial charge in [-0.1, -0.05) is 47.7 Å². The van der Waals surface area contributed by atoms with Crippen LogP contribution in [0.4, 0.5) is 5.13 Å². The van der Waals surface area contributed by atoms with Gasteiger partial charge in [-0.3, -0.25) is 19.3 Å². The average Bonchev–Trinajstić information content (AvgIpc) is 3.37. The average molecular weight is 507 g/mol. The van der Waals surface area contributed by atoms with Gasteiger partial charge in [0.1, 0.15) is 5.76 Å². The Bertz CT molecular complexity index is 1360. The molecular formula is C27H26N2O6S. The highest BCUT2D eigenvalue weighted by Gasteiger charge is 2.48. The first-order valence-corrected chi connectivity index (χ1v) is 12.3. The van der Waals surface area contributed by atoms with Crippen LogP contribution in [0.5, 0.6) is 11.5 Å². The zero-order chi connectivity index (χ0) is 26.0. The molecule has 9 heteroatoms. The molecule has 8 nitrogen and oxygen atoms in total. The number of ketones is 2. The largest absolute Gasteiger partial charge is 0.507 e. The number of anilines is 1. The lowest BCUT2D eigenvalue weighted by molar-refractivity contribution is -0.132. The number of aryl methyl sites for hydroxylation is 1. The van der Waals surface area contributed by atoms with Crippen molar-refractivity contribution >= 4 is 39.7 Å². The Morgan fingerprint density at radius 3 is 2.33 bits per heavy atom. The molecule has 1 aliphatic rings. The lowest BCUT2D eigenvalue weighted by Crippen LogP contribution is -2.29. The van der Waals surface area contributed by atoms with E-state index in [2.05, 4.69) is 4.98 Å². The summed E-state index contributed by atoms with van der Waals surface area (Å²) in [5.41, 5.74) is 1.31. The first-order chi connectivity index (χ1) is 17.3. The van der Waals surface area contributed by atoms with Gasteiger partial charge in [-0.25, -0.2) is 4.98 Å². The van der Waals surface area contributed by atoms with Gasteiger partial charge in [0.15, 0.2) is 22.4 Å². The van der Waals surface area contributed by atoms with Gasteiger partial charge in [-0.05, 0) is 38.5 Å². The second-order valence-electron chi connectivity index (χ2n) is 8.07. The van der Waals surface area contributed by atoms with Gasteiger partial charge in [-0.15, -0.1) is 0 Å². The molecule has 1 unspecified atom stereocenters. The third-order valence-electron chi connectivity index (χ3n) is 5.69. The molecule has 36 heavy (non-hydrogen) atoms. The van der Waals surface area contributed by atoms with E-state index in [1.54, 1.807) is 55.5 Å². The molecule has 0 bridgehead atoms. The standard InChI is InChI=1S/C27H26N2O6S/c1-5-34-19-13-12-18(14-20(19)35-6-2)22-21(23(31)17-10-8-7-9-11-17)24(32)26(33)29(22)27-28-15(3)25(36-27)16(4)30/h7-14,22,31H,5-6H2,1-4H3. The number of benzene rings is 2. The summed E-state index contributed by atoms with van der Waals surface area (Å²) in [5, 5.41) is 11.4. The van der Waals surface area contributed by atoms with Crippen LogP contribution < -0.4 is 14.4 Å². The molecule has 2 aromatic carbocycles. The van der Waals surface area contributed by atoms with Crippen LogP contribution in [0.15, 0.2) is 54.1 Å². The number of carbonyl (C=O) groups is 3. The number of carbonyl (C=O) groups excluding carboxylic acids is 3. The number of amides is 1. The van der Waals surface area contributed by atoms with E-state index in [0.29, 0.717) is 46.4 Å². The van der Waals surface area contributed by atoms with Crippen molar-refractivity contribution < 1.29 is 29.0 Å². The van der Waals surface area contributed by atoms with Crippen molar-refractivity contribution in [2.45, 2.75) is 33.7 Å². The van der Waals surface area contributed by atoms with E-state index >= 15 is 0 Å². The van der Waals surface area contributed by atoms with Gasteiger partial charge >= 0.3 is 5.91 Å². The molecule has 2 heterocycles. The van der Waals surface area contributed by atoms with Crippen LogP contribution in [0.2, 0.25) is 0 Å². The second kappa shape index (κ2) is 10.3. The molecule has 1 N–H and O–H groups in total. The molecule has 0 aliphatic carbocycles. The number of aliphatic hydroxyl groups excluding tert-OH is 1. The fourth-order valence-electron chi connectivity index (χ4n) is 4.15. The van der Waals surface area contributed by atoms with Crippen LogP contribution in [0.1, 0.15) is 53.3 Å². The van der Waals surface area contributed by atoms with Gasteiger partial charge in [0.05, 0.1) is 35.4 Å². The molecular weight excluding hydrogens is 480 g/mol. The van der Waals surface area contributed by atoms with Crippen molar-refractivity contribution in [3.05, 3.63) is 75.8 Å². The van der Waals surface area contributed by atoms with E-state index in [4.69, 9.17) is 9.47 Å². The Balaban J connectivity index is 1.96. The van der Waals surface area contributed by atoms with E-state index in [1.807, 2.05) is 13.8 Å². The van der Waals surface area contributed by atoms with Crippen LogP contribution in [-0.4, -0.2) is 40.8 Å². The summed E-state index contributed by atoms with van der Waals surface area (Å²) in [7, 11) is 0. The number of hydrogen-bond acceptors (Lipinski definition) is 8. The number of rotatable bonds is 8. The van der Waals surface area contributed by atoms with Gasteiger partial charge in [0.2, 0.25) is 0 Å². The van der Waals surface area contributed by atoms with Crippen LogP contribution in [0, 0.1) is 6.92 Å². The minimum atomic E-state index is -0.995. The molecule has 1 aromatic heterocycles. The van der Waals surface area contributed by atoms with Crippen molar-refractivity contribution in [3.63, 3.8) is 0 Å². The molecule has 4 rings (SSSR count). The second-order valence-corrected chi connectivity index (χ2v) is 9.05. The molecule has 0 saturated carbocycles. The molecule has 1 aliphatic heterocycles. The van der Waals surface area contributed by atoms with E-state index in [0.717, 1.165) is 11.3 Å². The Hall–Kier alpha value is -3.98. The van der Waals surface area contributed by atoms with Crippen LogP contribution in [0.25, 0.3) is 5.76 Å². The Morgan fingerprint density at radius 1 is 1.06 bits per heavy atom. The van der Waals surface area contributed by atoms with Gasteiger partial charge in [-0.2, -0.15) is 0 Å². The zero-order valence-electron chi connectivity index (χ0n) is 20.4. The predicted molar refractivity (Wildman–Crippen MR) is 137 cm³/mol. The monoisotopic (exact) mass is 506 g/mol. The molecule has 0 radical (unpaired) electrons. The highest BCUT2D eigenvalue weighted by molar-refractivity contribution is 7.18. The smallest absolute Gasteiger partial charge is 0.301 e. The fraction of sp³-hybridized carbons (Fsp3) is 0.259. The molecule has 0 spiro atoms. The number of aliphatic hydroxyl groups is 1. The Kier molecular flexibility index (Phi) is 7.21. The van der Waals surface area contributed by atoms with Crippen molar-refractivity contribution in [2.24, 2.45) is 0 Å². The van der Waals surface area contributed by atoms with Crippen molar-refractivity contribution in [1.29, 1.82) is 0 Å². The topological polar surface area (TPSA) is 106 Å². The normalized spacial score (nSPS) is 16.9. The van der Waals surface area contributed by atoms with E-state index in [1.165, 1.54) is 11.8 Å². The lowest BCUT2D eigenvalue weighted by atomic mass is 9.95. The van der Waals surface area contributed by atoms with Crippen LogP contribution in [0.3, 0.4) is 0 Å². The molecule has 1 fully saturated rings. The number of nitrogens with zero attached hydrogens (tertiary/aromatic N) is 2. The molecule has 1 atom stereocenters. The SMILES string of the molecule is CCOc1ccc(C2C(=C(O)c3ccccc3)C(=O)C(=O)N2c2nc(C)c(C(C)=O)s2)cc1OCC. The number of thiazole rings is 1. The van der Waals surface area contributed by atoms with Crippen molar-refractivity contribution in [2.75, 3.05) is 18.1 Å². The first-order valence-electron chi connectivity index (χ1n) is 11.5. The maximum Gasteiger partial charge on any atom is 0.301 e. The number of Topliss-reactive ketones (excluding diaryl/α,β-unsaturated/α-hetero) is 2. The highest BCUT2D eigenvalue weighted by Crippen LogP contribution is 2.45. The van der Waals surface area contributed by atoms with E-state index in [-0.39, 0.29) is 22.2 Å². The minimum Gasteiger partial charge on any atom is -0.507 e. The van der Waals surface area contributed by atoms with E-state index in [9.17, 15) is 19.5 Å². The highest BCUT2D eigenvalue weighted by atomic mass is 32.1. The van der Waals surface area contributed by atoms with Crippen LogP contribution >= 0.6 is 11.3 Å². The molecule has 1 amide bonds. The summed E-state index contributed by atoms with van der Waals surface area (Å²) in [5.74, 6) is -1.20. The first kappa shape index (κ1) is 25.1. The summed E-state index contributed by atoms with van der Waals surface area (Å²) in [6.07, 6.45) is 0. The lowest BCUT2D eigenvalue weighted by Gasteiger charge is -2.24. The Morgan fingerprint density at radius 2 is 1.72 bits per heavy atom. The number of ether oxygens (including phenoxy) is 2. The van der Waals surface area contributed by atoms with Gasteiger partial charge < -0.3 is 14.6 Å². The van der Waals surface area contributed by atoms with Crippen LogP contribution in [-0.2, 0) is 9.59 Å². The fourth-order valence-corrected chi connectivity index (χ4v) is 5.14. The third kappa shape index (κ3) is 4.49. The predicted octanol–water partition coefficient (Wildman–Crippen LogP) is 5.08. The maximum absolute atomic E-state index is 13.4. The molecule has 3 aromatic rings. The van der Waals surface area contributed by atoms with Gasteiger partial charge in [0.25, 0.3) is 5.78 Å².